The van der Waals surface area contributed by atoms with Crippen molar-refractivity contribution in [2.75, 3.05) is 0 Å². The minimum absolute atomic E-state index is 0.515. The summed E-state index contributed by atoms with van der Waals surface area (Å²) in [4.78, 5) is 11.2. The second-order valence-electron chi connectivity index (χ2n) is 5.73. The van der Waals surface area contributed by atoms with Gasteiger partial charge in [0, 0.05) is 9.13 Å². The molecule has 0 aliphatic carbocycles. The average Bonchev–Trinajstić information content (AvgIpc) is 2.37. The van der Waals surface area contributed by atoms with Crippen LogP contribution in [0.3, 0.4) is 0 Å². The van der Waals surface area contributed by atoms with Gasteiger partial charge in [0.1, 0.15) is 11.2 Å². The number of carbonyl (C=O) groups excluding carboxylic acids is 1. The number of hydrogen-bond acceptors (Lipinski definition) is 3. The van der Waals surface area contributed by atoms with E-state index in [-0.39, 0.29) is 0 Å². The van der Waals surface area contributed by atoms with Crippen LogP contribution in [0.5, 0.6) is 0 Å². The van der Waals surface area contributed by atoms with Crippen molar-refractivity contribution in [2.24, 2.45) is 5.73 Å². The van der Waals surface area contributed by atoms with Gasteiger partial charge in [0.2, 0.25) is 0 Å². The summed E-state index contributed by atoms with van der Waals surface area (Å²) in [7, 11) is 0. The second kappa shape index (κ2) is 7.45. The maximum atomic E-state index is 11.3. The highest BCUT2D eigenvalue weighted by atomic mass is 127. The van der Waals surface area contributed by atoms with Crippen molar-refractivity contribution in [3.8, 4) is 0 Å². The number of hydrogen-bond donors (Lipinski definition) is 2. The van der Waals surface area contributed by atoms with Crippen LogP contribution in [-0.2, 0) is 10.3 Å². The van der Waals surface area contributed by atoms with Gasteiger partial charge in [0.15, 0.2) is 0 Å². The highest BCUT2D eigenvalue weighted by Gasteiger charge is 2.48. The van der Waals surface area contributed by atoms with Crippen LogP contribution in [0, 0.1) is 3.57 Å². The van der Waals surface area contributed by atoms with Crippen LogP contribution in [0.2, 0.25) is 0 Å². The Labute approximate surface area is 140 Å². The fourth-order valence-corrected chi connectivity index (χ4v) is 3.36. The van der Waals surface area contributed by atoms with Crippen LogP contribution in [0.1, 0.15) is 52.0 Å². The Hall–Kier alpha value is -0.820. The van der Waals surface area contributed by atoms with Gasteiger partial charge in [-0.1, -0.05) is 44.4 Å². The topological polar surface area (TPSA) is 72.6 Å². The van der Waals surface area contributed by atoms with Crippen LogP contribution in [-0.4, -0.2) is 16.8 Å². The summed E-state index contributed by atoms with van der Waals surface area (Å²) >= 11 is 2.19. The van der Waals surface area contributed by atoms with Crippen LogP contribution in [0.15, 0.2) is 24.3 Å². The molecule has 0 bridgehead atoms. The number of unbranched alkanes of at least 4 members (excludes halogenated alkanes) is 2. The zero-order chi connectivity index (χ0) is 16.1. The molecule has 0 aromatic heterocycles. The molecule has 1 atom stereocenters. The third-order valence-corrected chi connectivity index (χ3v) is 4.75. The van der Waals surface area contributed by atoms with Gasteiger partial charge in [-0.2, -0.15) is 0 Å². The molecule has 118 valence electrons. The SMILES string of the molecule is CCCCC[C@](O)(c1ccccc1I)C(C)(C)OC(N)=O. The first-order valence-electron chi connectivity index (χ1n) is 7.20. The number of aliphatic hydroxyl groups is 1. The van der Waals surface area contributed by atoms with Gasteiger partial charge in [-0.3, -0.25) is 0 Å². The van der Waals surface area contributed by atoms with Crippen molar-refractivity contribution in [3.05, 3.63) is 33.4 Å². The lowest BCUT2D eigenvalue weighted by Gasteiger charge is -2.42. The fourth-order valence-electron chi connectivity index (χ4n) is 2.52. The number of rotatable bonds is 7. The summed E-state index contributed by atoms with van der Waals surface area (Å²) in [5, 5.41) is 11.3. The molecule has 0 unspecified atom stereocenters. The summed E-state index contributed by atoms with van der Waals surface area (Å²) in [6, 6.07) is 7.60. The van der Waals surface area contributed by atoms with E-state index in [4.69, 9.17) is 10.5 Å². The van der Waals surface area contributed by atoms with Gasteiger partial charge in [-0.25, -0.2) is 4.79 Å². The molecular formula is C16H24INO3. The minimum Gasteiger partial charge on any atom is -0.440 e. The molecule has 0 aliphatic heterocycles. The van der Waals surface area contributed by atoms with Crippen molar-refractivity contribution in [1.82, 2.24) is 0 Å². The van der Waals surface area contributed by atoms with E-state index in [0.717, 1.165) is 28.4 Å². The zero-order valence-corrected chi connectivity index (χ0v) is 15.0. The van der Waals surface area contributed by atoms with Crippen LogP contribution >= 0.6 is 22.6 Å². The molecule has 1 aromatic carbocycles. The molecule has 0 saturated heterocycles. The summed E-state index contributed by atoms with van der Waals surface area (Å²) < 4.78 is 6.17. The average molecular weight is 405 g/mol. The lowest BCUT2D eigenvalue weighted by molar-refractivity contribution is -0.143. The number of halogens is 1. The molecule has 0 aliphatic rings. The minimum atomic E-state index is -1.27. The Morgan fingerprint density at radius 3 is 2.48 bits per heavy atom. The van der Waals surface area contributed by atoms with Gasteiger partial charge >= 0.3 is 6.09 Å². The highest BCUT2D eigenvalue weighted by Crippen LogP contribution is 2.41. The first kappa shape index (κ1) is 18.2. The predicted molar refractivity (Wildman–Crippen MR) is 91.9 cm³/mol. The number of nitrogens with two attached hydrogens (primary N) is 1. The maximum absolute atomic E-state index is 11.3. The number of carbonyl (C=O) groups is 1. The van der Waals surface area contributed by atoms with Gasteiger partial charge < -0.3 is 15.6 Å². The van der Waals surface area contributed by atoms with E-state index >= 15 is 0 Å². The van der Waals surface area contributed by atoms with E-state index < -0.39 is 17.3 Å². The van der Waals surface area contributed by atoms with E-state index in [1.165, 1.54) is 0 Å². The Morgan fingerprint density at radius 2 is 1.95 bits per heavy atom. The van der Waals surface area contributed by atoms with E-state index in [9.17, 15) is 9.90 Å². The maximum Gasteiger partial charge on any atom is 0.405 e. The van der Waals surface area contributed by atoms with Gasteiger partial charge in [0.05, 0.1) is 0 Å². The van der Waals surface area contributed by atoms with Crippen molar-refractivity contribution >= 4 is 28.7 Å². The Bertz CT molecular complexity index is 490. The van der Waals surface area contributed by atoms with Gasteiger partial charge in [0.25, 0.3) is 0 Å². The number of benzene rings is 1. The summed E-state index contributed by atoms with van der Waals surface area (Å²) in [5.41, 5.74) is 3.57. The first-order valence-corrected chi connectivity index (χ1v) is 8.28. The van der Waals surface area contributed by atoms with Crippen LogP contribution in [0.4, 0.5) is 4.79 Å². The molecule has 1 aromatic rings. The molecule has 4 nitrogen and oxygen atoms in total. The molecule has 1 amide bonds. The van der Waals surface area contributed by atoms with E-state index in [2.05, 4.69) is 29.5 Å². The Morgan fingerprint density at radius 1 is 1.33 bits per heavy atom. The lowest BCUT2D eigenvalue weighted by atomic mass is 9.76. The molecule has 0 heterocycles. The normalized spacial score (nSPS) is 14.5. The van der Waals surface area contributed by atoms with Gasteiger partial charge in [-0.15, -0.1) is 0 Å². The molecule has 5 heteroatoms. The Balaban J connectivity index is 3.22. The first-order chi connectivity index (χ1) is 9.74. The standard InChI is InChI=1S/C16H24INO3/c1-4-5-8-11-16(20,15(2,3)21-14(18)19)12-9-6-7-10-13(12)17/h6-7,9-10,20H,4-5,8,11H2,1-3H3,(H2,18,19)/t16-/m0/s1. The largest absolute Gasteiger partial charge is 0.440 e. The van der Waals surface area contributed by atoms with Crippen LogP contribution < -0.4 is 5.73 Å². The quantitative estimate of drug-likeness (QED) is 0.533. The lowest BCUT2D eigenvalue weighted by Crippen LogP contribution is -2.51. The third kappa shape index (κ3) is 4.32. The molecule has 0 saturated carbocycles. The second-order valence-corrected chi connectivity index (χ2v) is 6.89. The smallest absolute Gasteiger partial charge is 0.405 e. The molecule has 0 radical (unpaired) electrons. The summed E-state index contributed by atoms with van der Waals surface area (Å²) in [5.74, 6) is 0. The zero-order valence-electron chi connectivity index (χ0n) is 12.9. The van der Waals surface area contributed by atoms with E-state index in [1.807, 2.05) is 24.3 Å². The molecular weight excluding hydrogens is 381 g/mol. The molecule has 21 heavy (non-hydrogen) atoms. The van der Waals surface area contributed by atoms with E-state index in [1.54, 1.807) is 13.8 Å². The van der Waals surface area contributed by atoms with Crippen molar-refractivity contribution in [2.45, 2.75) is 57.7 Å². The molecule has 0 spiro atoms. The highest BCUT2D eigenvalue weighted by molar-refractivity contribution is 14.1. The fraction of sp³-hybridized carbons (Fsp3) is 0.562. The monoisotopic (exact) mass is 405 g/mol. The number of primary amides is 1. The van der Waals surface area contributed by atoms with Crippen molar-refractivity contribution in [3.63, 3.8) is 0 Å². The van der Waals surface area contributed by atoms with E-state index in [0.29, 0.717) is 6.42 Å². The summed E-state index contributed by atoms with van der Waals surface area (Å²) in [6.45, 7) is 5.51. The summed E-state index contributed by atoms with van der Waals surface area (Å²) in [6.07, 6.45) is 2.56. The number of amides is 1. The Kier molecular flexibility index (Phi) is 6.46. The molecule has 1 rings (SSSR count). The third-order valence-electron chi connectivity index (χ3n) is 3.81. The molecule has 3 N–H and O–H groups in total. The molecule has 0 fully saturated rings. The van der Waals surface area contributed by atoms with Gasteiger partial charge in [-0.05, 0) is 48.9 Å². The predicted octanol–water partition coefficient (Wildman–Crippen LogP) is 3.93. The van der Waals surface area contributed by atoms with Crippen molar-refractivity contribution in [1.29, 1.82) is 0 Å². The van der Waals surface area contributed by atoms with Crippen LogP contribution in [0.25, 0.3) is 0 Å². The van der Waals surface area contributed by atoms with Crippen molar-refractivity contribution < 1.29 is 14.6 Å². The number of ether oxygens (including phenoxy) is 1.